The normalized spacial score (nSPS) is 15.2. The standard InChI is InChI=1S/C13H19N3O2/c14-11-8-9(13(15)18)4-5-12(11)16(6-7-17)10-2-1-3-10/h4-5,8,10,17H,1-3,6-7,14H2,(H2,15,18). The minimum absolute atomic E-state index is 0.0908. The lowest BCUT2D eigenvalue weighted by Gasteiger charge is -2.39. The van der Waals surface area contributed by atoms with Gasteiger partial charge >= 0.3 is 0 Å². The van der Waals surface area contributed by atoms with Gasteiger partial charge in [-0.15, -0.1) is 0 Å². The van der Waals surface area contributed by atoms with Gasteiger partial charge in [0.2, 0.25) is 5.91 Å². The third-order valence-corrected chi connectivity index (χ3v) is 3.48. The van der Waals surface area contributed by atoms with E-state index in [0.717, 1.165) is 18.5 Å². The van der Waals surface area contributed by atoms with Crippen LogP contribution in [0, 0.1) is 0 Å². The van der Waals surface area contributed by atoms with Gasteiger partial charge < -0.3 is 21.5 Å². The van der Waals surface area contributed by atoms with E-state index >= 15 is 0 Å². The molecule has 1 fully saturated rings. The Morgan fingerprint density at radius 1 is 1.44 bits per heavy atom. The third kappa shape index (κ3) is 2.41. The highest BCUT2D eigenvalue weighted by molar-refractivity contribution is 5.94. The molecule has 0 aliphatic heterocycles. The zero-order valence-electron chi connectivity index (χ0n) is 10.3. The topological polar surface area (TPSA) is 92.6 Å². The van der Waals surface area contributed by atoms with Crippen LogP contribution >= 0.6 is 0 Å². The Bertz CT molecular complexity index is 444. The minimum atomic E-state index is -0.481. The van der Waals surface area contributed by atoms with Crippen molar-refractivity contribution in [1.82, 2.24) is 0 Å². The predicted molar refractivity (Wildman–Crippen MR) is 71.4 cm³/mol. The number of aliphatic hydroxyl groups is 1. The molecule has 5 nitrogen and oxygen atoms in total. The lowest BCUT2D eigenvalue weighted by Crippen LogP contribution is -2.42. The van der Waals surface area contributed by atoms with Crippen LogP contribution < -0.4 is 16.4 Å². The highest BCUT2D eigenvalue weighted by atomic mass is 16.3. The molecule has 1 amide bonds. The van der Waals surface area contributed by atoms with Crippen LogP contribution in [0.3, 0.4) is 0 Å². The predicted octanol–water partition coefficient (Wildman–Crippen LogP) is 0.719. The van der Waals surface area contributed by atoms with E-state index in [4.69, 9.17) is 16.6 Å². The Balaban J connectivity index is 2.26. The van der Waals surface area contributed by atoms with Crippen molar-refractivity contribution < 1.29 is 9.90 Å². The molecule has 0 atom stereocenters. The van der Waals surface area contributed by atoms with E-state index in [2.05, 4.69) is 4.90 Å². The molecule has 0 heterocycles. The number of nitrogens with zero attached hydrogens (tertiary/aromatic N) is 1. The van der Waals surface area contributed by atoms with Crippen LogP contribution in [0.15, 0.2) is 18.2 Å². The Kier molecular flexibility index (Phi) is 3.72. The van der Waals surface area contributed by atoms with Crippen molar-refractivity contribution in [1.29, 1.82) is 0 Å². The molecule has 0 bridgehead atoms. The molecule has 5 heteroatoms. The third-order valence-electron chi connectivity index (χ3n) is 3.48. The molecular formula is C13H19N3O2. The summed E-state index contributed by atoms with van der Waals surface area (Å²) < 4.78 is 0. The van der Waals surface area contributed by atoms with Gasteiger partial charge in [-0.05, 0) is 37.5 Å². The van der Waals surface area contributed by atoms with Crippen LogP contribution in [0.4, 0.5) is 11.4 Å². The average molecular weight is 249 g/mol. The smallest absolute Gasteiger partial charge is 0.248 e. The Hall–Kier alpha value is -1.75. The highest BCUT2D eigenvalue weighted by Gasteiger charge is 2.26. The van der Waals surface area contributed by atoms with Crippen LogP contribution in [0.5, 0.6) is 0 Å². The van der Waals surface area contributed by atoms with E-state index in [1.165, 1.54) is 6.42 Å². The maximum atomic E-state index is 11.1. The Morgan fingerprint density at radius 3 is 2.61 bits per heavy atom. The second-order valence-electron chi connectivity index (χ2n) is 4.64. The molecule has 1 aliphatic rings. The molecule has 5 N–H and O–H groups in total. The van der Waals surface area contributed by atoms with Crippen molar-refractivity contribution in [3.63, 3.8) is 0 Å². The van der Waals surface area contributed by atoms with Gasteiger partial charge in [0.25, 0.3) is 0 Å². The summed E-state index contributed by atoms with van der Waals surface area (Å²) in [7, 11) is 0. The van der Waals surface area contributed by atoms with Crippen molar-refractivity contribution in [3.8, 4) is 0 Å². The molecule has 2 rings (SSSR count). The van der Waals surface area contributed by atoms with Gasteiger partial charge in [-0.3, -0.25) is 4.79 Å². The van der Waals surface area contributed by atoms with Crippen molar-refractivity contribution in [2.45, 2.75) is 25.3 Å². The van der Waals surface area contributed by atoms with E-state index in [-0.39, 0.29) is 6.61 Å². The SMILES string of the molecule is NC(=O)c1ccc(N(CCO)C2CCC2)c(N)c1. The Morgan fingerprint density at radius 2 is 2.17 bits per heavy atom. The van der Waals surface area contributed by atoms with E-state index < -0.39 is 5.91 Å². The zero-order valence-corrected chi connectivity index (χ0v) is 10.3. The van der Waals surface area contributed by atoms with Crippen molar-refractivity contribution >= 4 is 17.3 Å². The zero-order chi connectivity index (χ0) is 13.1. The average Bonchev–Trinajstić information content (AvgIpc) is 2.26. The quantitative estimate of drug-likeness (QED) is 0.670. The van der Waals surface area contributed by atoms with E-state index in [0.29, 0.717) is 23.8 Å². The number of amides is 1. The largest absolute Gasteiger partial charge is 0.397 e. The molecule has 1 aromatic carbocycles. The Labute approximate surface area is 106 Å². The van der Waals surface area contributed by atoms with Crippen LogP contribution in [-0.2, 0) is 0 Å². The first kappa shape index (κ1) is 12.7. The van der Waals surface area contributed by atoms with Crippen LogP contribution in [0.25, 0.3) is 0 Å². The van der Waals surface area contributed by atoms with Gasteiger partial charge in [0, 0.05) is 18.2 Å². The molecule has 0 saturated heterocycles. The summed E-state index contributed by atoms with van der Waals surface area (Å²) in [5, 5.41) is 9.14. The monoisotopic (exact) mass is 249 g/mol. The lowest BCUT2D eigenvalue weighted by atomic mass is 9.90. The molecule has 0 aromatic heterocycles. The number of anilines is 2. The summed E-state index contributed by atoms with van der Waals surface area (Å²) in [6.07, 6.45) is 3.46. The lowest BCUT2D eigenvalue weighted by molar-refractivity contribution is 0.100. The first-order valence-corrected chi connectivity index (χ1v) is 6.20. The second-order valence-corrected chi connectivity index (χ2v) is 4.64. The fourth-order valence-electron chi connectivity index (χ4n) is 2.28. The number of hydrogen-bond donors (Lipinski definition) is 3. The fraction of sp³-hybridized carbons (Fsp3) is 0.462. The molecule has 0 unspecified atom stereocenters. The van der Waals surface area contributed by atoms with Crippen molar-refractivity contribution in [3.05, 3.63) is 23.8 Å². The number of carbonyl (C=O) groups is 1. The summed E-state index contributed by atoms with van der Waals surface area (Å²) in [5.41, 5.74) is 13.0. The second kappa shape index (κ2) is 5.27. The minimum Gasteiger partial charge on any atom is -0.397 e. The maximum Gasteiger partial charge on any atom is 0.248 e. The summed E-state index contributed by atoms with van der Waals surface area (Å²) in [6, 6.07) is 5.53. The van der Waals surface area contributed by atoms with Gasteiger partial charge in [-0.25, -0.2) is 0 Å². The molecule has 98 valence electrons. The van der Waals surface area contributed by atoms with E-state index in [9.17, 15) is 4.79 Å². The van der Waals surface area contributed by atoms with Gasteiger partial charge in [0.05, 0.1) is 18.0 Å². The summed E-state index contributed by atoms with van der Waals surface area (Å²) in [5.74, 6) is -0.481. The van der Waals surface area contributed by atoms with E-state index in [1.807, 2.05) is 6.07 Å². The number of rotatable bonds is 5. The highest BCUT2D eigenvalue weighted by Crippen LogP contribution is 2.33. The number of carbonyl (C=O) groups excluding carboxylic acids is 1. The molecule has 1 aromatic rings. The number of nitrogen functional groups attached to an aromatic ring is 1. The maximum absolute atomic E-state index is 11.1. The van der Waals surface area contributed by atoms with E-state index in [1.54, 1.807) is 12.1 Å². The molecule has 1 saturated carbocycles. The number of aliphatic hydroxyl groups excluding tert-OH is 1. The van der Waals surface area contributed by atoms with Gasteiger partial charge in [-0.2, -0.15) is 0 Å². The van der Waals surface area contributed by atoms with Gasteiger partial charge in [-0.1, -0.05) is 0 Å². The number of benzene rings is 1. The van der Waals surface area contributed by atoms with Crippen molar-refractivity contribution in [2.75, 3.05) is 23.8 Å². The molecule has 0 spiro atoms. The van der Waals surface area contributed by atoms with Gasteiger partial charge in [0.1, 0.15) is 0 Å². The molecule has 1 aliphatic carbocycles. The molecule has 0 radical (unpaired) electrons. The van der Waals surface area contributed by atoms with Gasteiger partial charge in [0.15, 0.2) is 0 Å². The molecule has 18 heavy (non-hydrogen) atoms. The number of nitrogens with two attached hydrogens (primary N) is 2. The summed E-state index contributed by atoms with van der Waals surface area (Å²) >= 11 is 0. The van der Waals surface area contributed by atoms with Crippen LogP contribution in [0.1, 0.15) is 29.6 Å². The fourth-order valence-corrected chi connectivity index (χ4v) is 2.28. The number of primary amides is 1. The molecular weight excluding hydrogens is 230 g/mol. The summed E-state index contributed by atoms with van der Waals surface area (Å²) in [4.78, 5) is 13.2. The van der Waals surface area contributed by atoms with Crippen LogP contribution in [-0.4, -0.2) is 30.2 Å². The first-order chi connectivity index (χ1) is 8.63. The number of hydrogen-bond acceptors (Lipinski definition) is 4. The van der Waals surface area contributed by atoms with Crippen molar-refractivity contribution in [2.24, 2.45) is 5.73 Å². The summed E-state index contributed by atoms with van der Waals surface area (Å²) in [6.45, 7) is 0.651. The van der Waals surface area contributed by atoms with Crippen LogP contribution in [0.2, 0.25) is 0 Å². The first-order valence-electron chi connectivity index (χ1n) is 6.20.